The molecule has 3 N–H and O–H groups in total. The molecule has 0 aliphatic rings. The van der Waals surface area contributed by atoms with Crippen molar-refractivity contribution in [1.82, 2.24) is 19.9 Å². The SMILES string of the molecule is CC(C)CCCC(C)NC(=O)c1c(N)n(-c2ccc(Br)cc2)c2nc3ccccc3nc12. The summed E-state index contributed by atoms with van der Waals surface area (Å²) in [5, 5.41) is 3.12. The molecule has 6 nitrogen and oxygen atoms in total. The van der Waals surface area contributed by atoms with Crippen molar-refractivity contribution in [3.05, 3.63) is 58.6 Å². The van der Waals surface area contributed by atoms with E-state index >= 15 is 0 Å². The fourth-order valence-electron chi connectivity index (χ4n) is 3.94. The molecular weight excluding hydrogens is 466 g/mol. The van der Waals surface area contributed by atoms with E-state index in [0.29, 0.717) is 28.5 Å². The molecule has 0 saturated heterocycles. The van der Waals surface area contributed by atoms with Gasteiger partial charge in [0.05, 0.1) is 11.0 Å². The predicted molar refractivity (Wildman–Crippen MR) is 134 cm³/mol. The maximum Gasteiger partial charge on any atom is 0.257 e. The maximum absolute atomic E-state index is 13.3. The smallest absolute Gasteiger partial charge is 0.257 e. The number of benzene rings is 2. The van der Waals surface area contributed by atoms with Crippen LogP contribution in [0.15, 0.2) is 53.0 Å². The lowest BCUT2D eigenvalue weighted by atomic mass is 10.0. The van der Waals surface area contributed by atoms with Gasteiger partial charge in [0.2, 0.25) is 0 Å². The molecule has 0 spiro atoms. The largest absolute Gasteiger partial charge is 0.384 e. The number of halogens is 1. The molecule has 4 rings (SSSR count). The van der Waals surface area contributed by atoms with Crippen molar-refractivity contribution < 1.29 is 4.79 Å². The molecule has 0 aliphatic heterocycles. The number of rotatable bonds is 7. The summed E-state index contributed by atoms with van der Waals surface area (Å²) in [7, 11) is 0. The number of nitrogens with two attached hydrogens (primary N) is 1. The molecule has 2 aromatic heterocycles. The van der Waals surface area contributed by atoms with E-state index in [1.807, 2.05) is 55.5 Å². The van der Waals surface area contributed by atoms with Gasteiger partial charge in [-0.15, -0.1) is 0 Å². The third-order valence-electron chi connectivity index (χ3n) is 5.61. The van der Waals surface area contributed by atoms with E-state index in [-0.39, 0.29) is 11.9 Å². The van der Waals surface area contributed by atoms with E-state index in [1.165, 1.54) is 0 Å². The van der Waals surface area contributed by atoms with Gasteiger partial charge >= 0.3 is 0 Å². The molecule has 4 aromatic rings. The fourth-order valence-corrected chi connectivity index (χ4v) is 4.20. The number of amides is 1. The minimum absolute atomic E-state index is 0.0418. The van der Waals surface area contributed by atoms with Gasteiger partial charge in [0.1, 0.15) is 16.9 Å². The molecule has 2 heterocycles. The molecule has 0 fully saturated rings. The van der Waals surface area contributed by atoms with Crippen LogP contribution in [0.5, 0.6) is 0 Å². The van der Waals surface area contributed by atoms with E-state index < -0.39 is 0 Å². The Morgan fingerprint density at radius 1 is 1.03 bits per heavy atom. The number of fused-ring (bicyclic) bond motifs is 2. The fraction of sp³-hybridized carbons (Fsp3) is 0.320. The van der Waals surface area contributed by atoms with Crippen molar-refractivity contribution in [2.45, 2.75) is 46.1 Å². The second-order valence-corrected chi connectivity index (χ2v) is 9.57. The Morgan fingerprint density at radius 2 is 1.69 bits per heavy atom. The van der Waals surface area contributed by atoms with Crippen LogP contribution in [0, 0.1) is 5.92 Å². The van der Waals surface area contributed by atoms with Gasteiger partial charge in [-0.05, 0) is 55.7 Å². The predicted octanol–water partition coefficient (Wildman–Crippen LogP) is 5.86. The van der Waals surface area contributed by atoms with Gasteiger partial charge < -0.3 is 11.1 Å². The highest BCUT2D eigenvalue weighted by Gasteiger charge is 2.25. The molecule has 0 saturated carbocycles. The number of nitrogens with zero attached hydrogens (tertiary/aromatic N) is 3. The van der Waals surface area contributed by atoms with Crippen LogP contribution < -0.4 is 11.1 Å². The normalized spacial score (nSPS) is 12.5. The van der Waals surface area contributed by atoms with Gasteiger partial charge in [0.15, 0.2) is 5.65 Å². The number of hydrogen-bond acceptors (Lipinski definition) is 4. The van der Waals surface area contributed by atoms with Gasteiger partial charge in [-0.25, -0.2) is 9.97 Å². The van der Waals surface area contributed by atoms with Crippen LogP contribution in [0.1, 0.15) is 50.4 Å². The number of nitrogens with one attached hydrogen (secondary N) is 1. The molecule has 1 amide bonds. The van der Waals surface area contributed by atoms with E-state index in [9.17, 15) is 4.79 Å². The number of carbonyl (C=O) groups excluding carboxylic acids is 1. The van der Waals surface area contributed by atoms with Crippen molar-refractivity contribution >= 4 is 49.9 Å². The molecule has 2 aromatic carbocycles. The van der Waals surface area contributed by atoms with Crippen molar-refractivity contribution in [1.29, 1.82) is 0 Å². The Bertz CT molecular complexity index is 1260. The zero-order chi connectivity index (χ0) is 22.8. The summed E-state index contributed by atoms with van der Waals surface area (Å²) >= 11 is 3.47. The second kappa shape index (κ2) is 9.28. The highest BCUT2D eigenvalue weighted by molar-refractivity contribution is 9.10. The van der Waals surface area contributed by atoms with Gasteiger partial charge in [0.25, 0.3) is 5.91 Å². The monoisotopic (exact) mass is 493 g/mol. The number of anilines is 1. The van der Waals surface area contributed by atoms with Crippen molar-refractivity contribution in [3.63, 3.8) is 0 Å². The summed E-state index contributed by atoms with van der Waals surface area (Å²) in [6.45, 7) is 6.46. The lowest BCUT2D eigenvalue weighted by molar-refractivity contribution is 0.0940. The second-order valence-electron chi connectivity index (χ2n) is 8.66. The molecule has 32 heavy (non-hydrogen) atoms. The standard InChI is InChI=1S/C25H28BrN5O/c1-15(2)7-6-8-16(3)28-25(32)21-22-24(30-20-10-5-4-9-19(20)29-22)31(23(21)27)18-13-11-17(26)12-14-18/h4-5,9-16H,6-8,27H2,1-3H3,(H,28,32). The first-order valence-corrected chi connectivity index (χ1v) is 11.8. The van der Waals surface area contributed by atoms with Crippen LogP contribution in [-0.2, 0) is 0 Å². The Hall–Kier alpha value is -2.93. The van der Waals surface area contributed by atoms with Crippen LogP contribution in [0.4, 0.5) is 5.82 Å². The highest BCUT2D eigenvalue weighted by atomic mass is 79.9. The Morgan fingerprint density at radius 3 is 2.34 bits per heavy atom. The summed E-state index contributed by atoms with van der Waals surface area (Å²) in [6.07, 6.45) is 3.13. The molecule has 7 heteroatoms. The van der Waals surface area contributed by atoms with Crippen molar-refractivity contribution in [3.8, 4) is 5.69 Å². The average Bonchev–Trinajstić information content (AvgIpc) is 3.03. The first kappa shape index (κ1) is 22.3. The first-order chi connectivity index (χ1) is 15.3. The topological polar surface area (TPSA) is 85.8 Å². The lowest BCUT2D eigenvalue weighted by Crippen LogP contribution is -2.33. The summed E-state index contributed by atoms with van der Waals surface area (Å²) in [4.78, 5) is 22.9. The number of nitrogen functional groups attached to an aromatic ring is 1. The van der Waals surface area contributed by atoms with Gasteiger partial charge in [-0.1, -0.05) is 54.8 Å². The molecule has 0 radical (unpaired) electrons. The third-order valence-corrected chi connectivity index (χ3v) is 6.13. The summed E-state index contributed by atoms with van der Waals surface area (Å²) in [6, 6.07) is 15.4. The minimum atomic E-state index is -0.218. The van der Waals surface area contributed by atoms with Crippen molar-refractivity contribution in [2.24, 2.45) is 5.92 Å². The van der Waals surface area contributed by atoms with Crippen LogP contribution >= 0.6 is 15.9 Å². The number of para-hydroxylation sites is 2. The summed E-state index contributed by atoms with van der Waals surface area (Å²) in [5.74, 6) is 0.774. The molecule has 1 atom stereocenters. The van der Waals surface area contributed by atoms with Crippen LogP contribution in [0.3, 0.4) is 0 Å². The first-order valence-electron chi connectivity index (χ1n) is 11.0. The molecule has 166 valence electrons. The van der Waals surface area contributed by atoms with Crippen LogP contribution in [-0.4, -0.2) is 26.5 Å². The van der Waals surface area contributed by atoms with Gasteiger partial charge in [0, 0.05) is 16.2 Å². The van der Waals surface area contributed by atoms with Crippen LogP contribution in [0.2, 0.25) is 0 Å². The third kappa shape index (κ3) is 4.48. The zero-order valence-electron chi connectivity index (χ0n) is 18.6. The van der Waals surface area contributed by atoms with Crippen molar-refractivity contribution in [2.75, 3.05) is 5.73 Å². The van der Waals surface area contributed by atoms with E-state index in [1.54, 1.807) is 4.57 Å². The van der Waals surface area contributed by atoms with E-state index in [4.69, 9.17) is 15.7 Å². The average molecular weight is 494 g/mol. The molecule has 1 unspecified atom stereocenters. The summed E-state index contributed by atoms with van der Waals surface area (Å²) < 4.78 is 2.76. The van der Waals surface area contributed by atoms with Gasteiger partial charge in [-0.2, -0.15) is 0 Å². The number of carbonyl (C=O) groups is 1. The Balaban J connectivity index is 1.79. The molecule has 0 aliphatic carbocycles. The Labute approximate surface area is 196 Å². The lowest BCUT2D eigenvalue weighted by Gasteiger charge is -2.14. The molecule has 0 bridgehead atoms. The summed E-state index contributed by atoms with van der Waals surface area (Å²) in [5.41, 5.74) is 10.3. The highest BCUT2D eigenvalue weighted by Crippen LogP contribution is 2.31. The number of hydrogen-bond donors (Lipinski definition) is 2. The quantitative estimate of drug-likeness (QED) is 0.337. The maximum atomic E-state index is 13.3. The Kier molecular flexibility index (Phi) is 6.46. The molecular formula is C25H28BrN5O. The van der Waals surface area contributed by atoms with Gasteiger partial charge in [-0.3, -0.25) is 9.36 Å². The minimum Gasteiger partial charge on any atom is -0.384 e. The van der Waals surface area contributed by atoms with Crippen LogP contribution in [0.25, 0.3) is 27.9 Å². The van der Waals surface area contributed by atoms with E-state index in [2.05, 4.69) is 35.1 Å². The van der Waals surface area contributed by atoms with E-state index in [0.717, 1.165) is 40.5 Å². The zero-order valence-corrected chi connectivity index (χ0v) is 20.2. The number of aromatic nitrogens is 3.